The van der Waals surface area contributed by atoms with Gasteiger partial charge in [-0.2, -0.15) is 0 Å². The molecule has 0 saturated heterocycles. The Morgan fingerprint density at radius 1 is 1.44 bits per heavy atom. The summed E-state index contributed by atoms with van der Waals surface area (Å²) in [5, 5.41) is 0.0782. The molecule has 0 fully saturated rings. The fourth-order valence-corrected chi connectivity index (χ4v) is 1.90. The normalized spacial score (nSPS) is 10.3. The van der Waals surface area contributed by atoms with Crippen molar-refractivity contribution in [3.63, 3.8) is 0 Å². The van der Waals surface area contributed by atoms with Gasteiger partial charge in [-0.1, -0.05) is 29.8 Å². The van der Waals surface area contributed by atoms with Crippen LogP contribution in [0.5, 0.6) is 0 Å². The zero-order chi connectivity index (χ0) is 13.1. The zero-order valence-electron chi connectivity index (χ0n) is 9.85. The van der Waals surface area contributed by atoms with Crippen LogP contribution >= 0.6 is 11.6 Å². The first-order chi connectivity index (χ1) is 8.59. The topological polar surface area (TPSA) is 75.0 Å². The van der Waals surface area contributed by atoms with Gasteiger partial charge in [-0.05, 0) is 11.6 Å². The predicted octanol–water partition coefficient (Wildman–Crippen LogP) is 1.64. The predicted molar refractivity (Wildman–Crippen MR) is 72.8 cm³/mol. The molecule has 0 aliphatic heterocycles. The first-order valence-electron chi connectivity index (χ1n) is 5.37. The summed E-state index contributed by atoms with van der Waals surface area (Å²) in [7, 11) is 1.81. The molecule has 1 aromatic heterocycles. The fraction of sp³-hybridized carbons (Fsp3) is 0.167. The molecule has 0 aliphatic carbocycles. The molecule has 5 nitrogen and oxygen atoms in total. The van der Waals surface area contributed by atoms with Gasteiger partial charge in [0.05, 0.1) is 6.33 Å². The Morgan fingerprint density at radius 3 is 2.89 bits per heavy atom. The number of nitrogens with one attached hydrogen (secondary N) is 1. The fourth-order valence-electron chi connectivity index (χ4n) is 1.65. The molecule has 3 N–H and O–H groups in total. The molecule has 18 heavy (non-hydrogen) atoms. The Hall–Kier alpha value is -2.01. The third-order valence-corrected chi connectivity index (χ3v) is 2.94. The minimum atomic E-state index is -0.352. The van der Waals surface area contributed by atoms with Gasteiger partial charge in [0.2, 0.25) is 0 Å². The molecule has 1 heterocycles. The van der Waals surface area contributed by atoms with E-state index in [0.29, 0.717) is 18.1 Å². The van der Waals surface area contributed by atoms with Crippen molar-refractivity contribution < 1.29 is 0 Å². The van der Waals surface area contributed by atoms with Crippen molar-refractivity contribution in [2.24, 2.45) is 0 Å². The van der Waals surface area contributed by atoms with Crippen LogP contribution in [0.1, 0.15) is 5.56 Å². The maximum absolute atomic E-state index is 11.4. The van der Waals surface area contributed by atoms with Crippen LogP contribution in [0.15, 0.2) is 35.4 Å². The summed E-state index contributed by atoms with van der Waals surface area (Å²) >= 11 is 5.91. The lowest BCUT2D eigenvalue weighted by Gasteiger charge is -2.19. The Labute approximate surface area is 109 Å². The SMILES string of the molecule is CN(Cc1ccccc1N)c1nc[nH]c(=O)c1Cl. The van der Waals surface area contributed by atoms with E-state index in [9.17, 15) is 4.79 Å². The number of halogens is 1. The average molecular weight is 265 g/mol. The second-order valence-electron chi connectivity index (χ2n) is 3.92. The third kappa shape index (κ3) is 2.46. The molecule has 0 unspecified atom stereocenters. The standard InChI is InChI=1S/C12H13ClN4O/c1-17(6-8-4-2-3-5-9(8)14)11-10(13)12(18)16-7-15-11/h2-5,7H,6,14H2,1H3,(H,15,16,18). The van der Waals surface area contributed by atoms with E-state index in [4.69, 9.17) is 17.3 Å². The van der Waals surface area contributed by atoms with Gasteiger partial charge < -0.3 is 15.6 Å². The number of anilines is 2. The highest BCUT2D eigenvalue weighted by Crippen LogP contribution is 2.20. The van der Waals surface area contributed by atoms with Gasteiger partial charge in [0.25, 0.3) is 5.56 Å². The Bertz CT molecular complexity index is 611. The molecule has 0 bridgehead atoms. The number of nitrogens with two attached hydrogens (primary N) is 1. The minimum Gasteiger partial charge on any atom is -0.398 e. The van der Waals surface area contributed by atoms with E-state index in [1.165, 1.54) is 6.33 Å². The highest BCUT2D eigenvalue weighted by molar-refractivity contribution is 6.32. The number of benzene rings is 1. The van der Waals surface area contributed by atoms with Gasteiger partial charge in [-0.15, -0.1) is 0 Å². The van der Waals surface area contributed by atoms with Gasteiger partial charge in [-0.25, -0.2) is 4.98 Å². The van der Waals surface area contributed by atoms with Crippen molar-refractivity contribution in [3.05, 3.63) is 51.5 Å². The molecule has 0 saturated carbocycles. The minimum absolute atomic E-state index is 0.0782. The second kappa shape index (κ2) is 5.10. The van der Waals surface area contributed by atoms with E-state index in [2.05, 4.69) is 9.97 Å². The molecule has 6 heteroatoms. The molecule has 0 radical (unpaired) electrons. The zero-order valence-corrected chi connectivity index (χ0v) is 10.6. The van der Waals surface area contributed by atoms with Crippen molar-refractivity contribution in [1.82, 2.24) is 9.97 Å². The molecule has 2 aromatic rings. The van der Waals surface area contributed by atoms with Crippen LogP contribution in [0.2, 0.25) is 5.02 Å². The van der Waals surface area contributed by atoms with Gasteiger partial charge in [-0.3, -0.25) is 4.79 Å². The number of aromatic amines is 1. The van der Waals surface area contributed by atoms with E-state index in [-0.39, 0.29) is 10.6 Å². The largest absolute Gasteiger partial charge is 0.398 e. The summed E-state index contributed by atoms with van der Waals surface area (Å²) in [6.45, 7) is 0.531. The molecule has 0 aliphatic rings. The molecule has 2 rings (SSSR count). The third-order valence-electron chi connectivity index (χ3n) is 2.60. The number of aromatic nitrogens is 2. The number of nitrogens with zero attached hydrogens (tertiary/aromatic N) is 2. The van der Waals surface area contributed by atoms with Crippen LogP contribution in [0.25, 0.3) is 0 Å². The summed E-state index contributed by atoms with van der Waals surface area (Å²) < 4.78 is 0. The van der Waals surface area contributed by atoms with Crippen molar-refractivity contribution in [2.45, 2.75) is 6.54 Å². The monoisotopic (exact) mass is 264 g/mol. The summed E-state index contributed by atoms with van der Waals surface area (Å²) in [6.07, 6.45) is 1.33. The van der Waals surface area contributed by atoms with E-state index in [1.54, 1.807) is 11.9 Å². The molecule has 1 aromatic carbocycles. The number of H-pyrrole nitrogens is 1. The summed E-state index contributed by atoms with van der Waals surface area (Å²) in [6, 6.07) is 7.53. The van der Waals surface area contributed by atoms with Crippen molar-refractivity contribution >= 4 is 23.1 Å². The highest BCUT2D eigenvalue weighted by Gasteiger charge is 2.11. The first-order valence-corrected chi connectivity index (χ1v) is 5.75. The van der Waals surface area contributed by atoms with Crippen molar-refractivity contribution in [2.75, 3.05) is 17.7 Å². The maximum atomic E-state index is 11.4. The van der Waals surface area contributed by atoms with Crippen LogP contribution < -0.4 is 16.2 Å². The lowest BCUT2D eigenvalue weighted by atomic mass is 10.2. The van der Waals surface area contributed by atoms with Gasteiger partial charge in [0.15, 0.2) is 5.82 Å². The number of para-hydroxylation sites is 1. The van der Waals surface area contributed by atoms with E-state index >= 15 is 0 Å². The second-order valence-corrected chi connectivity index (χ2v) is 4.30. The average Bonchev–Trinajstić information content (AvgIpc) is 2.35. The quantitative estimate of drug-likeness (QED) is 0.827. The van der Waals surface area contributed by atoms with E-state index < -0.39 is 0 Å². The van der Waals surface area contributed by atoms with Gasteiger partial charge in [0.1, 0.15) is 5.02 Å². The maximum Gasteiger partial charge on any atom is 0.271 e. The molecular weight excluding hydrogens is 252 g/mol. The summed E-state index contributed by atoms with van der Waals surface area (Å²) in [5.74, 6) is 0.434. The summed E-state index contributed by atoms with van der Waals surface area (Å²) in [4.78, 5) is 19.6. The number of rotatable bonds is 3. The van der Waals surface area contributed by atoms with Crippen molar-refractivity contribution in [1.29, 1.82) is 0 Å². The number of nitrogen functional groups attached to an aromatic ring is 1. The number of hydrogen-bond acceptors (Lipinski definition) is 4. The van der Waals surface area contributed by atoms with Crippen LogP contribution in [0.3, 0.4) is 0 Å². The lowest BCUT2D eigenvalue weighted by molar-refractivity contribution is 0.889. The molecule has 0 amide bonds. The van der Waals surface area contributed by atoms with E-state index in [1.807, 2.05) is 24.3 Å². The van der Waals surface area contributed by atoms with E-state index in [0.717, 1.165) is 5.56 Å². The molecule has 0 spiro atoms. The smallest absolute Gasteiger partial charge is 0.271 e. The molecule has 0 atom stereocenters. The van der Waals surface area contributed by atoms with Gasteiger partial charge in [0, 0.05) is 19.3 Å². The van der Waals surface area contributed by atoms with Crippen LogP contribution in [-0.2, 0) is 6.54 Å². The van der Waals surface area contributed by atoms with Crippen molar-refractivity contribution in [3.8, 4) is 0 Å². The highest BCUT2D eigenvalue weighted by atomic mass is 35.5. The molecule has 94 valence electrons. The Kier molecular flexibility index (Phi) is 3.53. The molecular formula is C12H13ClN4O. The number of hydrogen-bond donors (Lipinski definition) is 2. The van der Waals surface area contributed by atoms with Gasteiger partial charge >= 0.3 is 0 Å². The first kappa shape index (κ1) is 12.4. The Balaban J connectivity index is 2.28. The lowest BCUT2D eigenvalue weighted by Crippen LogP contribution is -2.22. The van der Waals surface area contributed by atoms with Crippen LogP contribution in [0.4, 0.5) is 11.5 Å². The summed E-state index contributed by atoms with van der Waals surface area (Å²) in [5.41, 5.74) is 7.17. The Morgan fingerprint density at radius 2 is 2.17 bits per heavy atom. The van der Waals surface area contributed by atoms with Crippen LogP contribution in [0, 0.1) is 0 Å². The van der Waals surface area contributed by atoms with Crippen LogP contribution in [-0.4, -0.2) is 17.0 Å².